The van der Waals surface area contributed by atoms with Crippen LogP contribution in [0.3, 0.4) is 0 Å². The Bertz CT molecular complexity index is 705. The second-order valence-electron chi connectivity index (χ2n) is 6.85. The SMILES string of the molecule is Nc1ccc(C(=O)NC2C(c3ccccc3)C3CCN2CC3)cc1. The van der Waals surface area contributed by atoms with Crippen molar-refractivity contribution in [2.45, 2.75) is 24.9 Å². The average Bonchev–Trinajstić information content (AvgIpc) is 2.64. The van der Waals surface area contributed by atoms with Gasteiger partial charge in [-0.2, -0.15) is 0 Å². The van der Waals surface area contributed by atoms with Crippen molar-refractivity contribution in [2.75, 3.05) is 18.8 Å². The van der Waals surface area contributed by atoms with Crippen LogP contribution in [0.4, 0.5) is 5.69 Å². The number of hydrogen-bond donors (Lipinski definition) is 2. The molecule has 3 aliphatic rings. The first-order valence-corrected chi connectivity index (χ1v) is 8.68. The molecule has 2 bridgehead atoms. The number of carbonyl (C=O) groups is 1. The third-order valence-electron chi connectivity index (χ3n) is 5.45. The van der Waals surface area contributed by atoms with E-state index in [1.54, 1.807) is 24.3 Å². The van der Waals surface area contributed by atoms with Gasteiger partial charge >= 0.3 is 0 Å². The summed E-state index contributed by atoms with van der Waals surface area (Å²) in [6, 6.07) is 17.7. The standard InChI is InChI=1S/C20H23N3O/c21-17-8-6-16(7-9-17)20(24)22-19-18(14-4-2-1-3-5-14)15-10-12-23(19)13-11-15/h1-9,15,18-19H,10-13,21H2,(H,22,24). The van der Waals surface area contributed by atoms with Crippen LogP contribution in [0.25, 0.3) is 0 Å². The molecule has 2 aromatic carbocycles. The molecule has 24 heavy (non-hydrogen) atoms. The van der Waals surface area contributed by atoms with E-state index in [0.717, 1.165) is 13.1 Å². The van der Waals surface area contributed by atoms with E-state index in [1.165, 1.54) is 18.4 Å². The van der Waals surface area contributed by atoms with Crippen LogP contribution in [0.2, 0.25) is 0 Å². The minimum atomic E-state index is -0.0199. The second kappa shape index (κ2) is 6.29. The minimum absolute atomic E-state index is 0.0199. The number of nitrogen functional groups attached to an aromatic ring is 1. The van der Waals surface area contributed by atoms with E-state index < -0.39 is 0 Å². The lowest BCUT2D eigenvalue weighted by Gasteiger charge is -2.51. The highest BCUT2D eigenvalue weighted by Gasteiger charge is 2.43. The van der Waals surface area contributed by atoms with E-state index in [4.69, 9.17) is 5.73 Å². The van der Waals surface area contributed by atoms with E-state index in [0.29, 0.717) is 23.1 Å². The summed E-state index contributed by atoms with van der Waals surface area (Å²) in [4.78, 5) is 15.1. The van der Waals surface area contributed by atoms with Crippen molar-refractivity contribution in [3.05, 3.63) is 65.7 Å². The molecule has 1 amide bonds. The first kappa shape index (κ1) is 15.2. The smallest absolute Gasteiger partial charge is 0.252 e. The molecule has 0 aliphatic carbocycles. The summed E-state index contributed by atoms with van der Waals surface area (Å²) >= 11 is 0. The van der Waals surface area contributed by atoms with Crippen LogP contribution in [0.1, 0.15) is 34.7 Å². The van der Waals surface area contributed by atoms with Crippen molar-refractivity contribution < 1.29 is 4.79 Å². The first-order valence-electron chi connectivity index (χ1n) is 8.68. The van der Waals surface area contributed by atoms with Crippen LogP contribution >= 0.6 is 0 Å². The zero-order valence-corrected chi connectivity index (χ0v) is 13.7. The van der Waals surface area contributed by atoms with Gasteiger partial charge in [-0.25, -0.2) is 0 Å². The van der Waals surface area contributed by atoms with Crippen molar-refractivity contribution >= 4 is 11.6 Å². The number of anilines is 1. The Morgan fingerprint density at radius 2 is 1.67 bits per heavy atom. The normalized spacial score (nSPS) is 28.5. The van der Waals surface area contributed by atoms with Gasteiger partial charge < -0.3 is 11.1 Å². The minimum Gasteiger partial charge on any atom is -0.399 e. The van der Waals surface area contributed by atoms with Gasteiger partial charge in [0.15, 0.2) is 0 Å². The Labute approximate surface area is 142 Å². The predicted octanol–water partition coefficient (Wildman–Crippen LogP) is 2.83. The molecule has 3 saturated heterocycles. The monoisotopic (exact) mass is 321 g/mol. The van der Waals surface area contributed by atoms with Gasteiger partial charge in [0.25, 0.3) is 5.91 Å². The molecule has 2 unspecified atom stereocenters. The fourth-order valence-electron chi connectivity index (χ4n) is 4.20. The lowest BCUT2D eigenvalue weighted by molar-refractivity contribution is 0.00873. The van der Waals surface area contributed by atoms with E-state index in [1.807, 2.05) is 6.07 Å². The van der Waals surface area contributed by atoms with Gasteiger partial charge in [-0.1, -0.05) is 30.3 Å². The summed E-state index contributed by atoms with van der Waals surface area (Å²) in [5, 5.41) is 3.28. The number of fused-ring (bicyclic) bond motifs is 3. The lowest BCUT2D eigenvalue weighted by atomic mass is 9.73. The molecule has 0 aromatic heterocycles. The van der Waals surface area contributed by atoms with E-state index in [2.05, 4.69) is 34.5 Å². The molecule has 4 nitrogen and oxygen atoms in total. The zero-order valence-electron chi connectivity index (χ0n) is 13.7. The lowest BCUT2D eigenvalue weighted by Crippen LogP contribution is -2.60. The molecular formula is C20H23N3O. The van der Waals surface area contributed by atoms with Crippen LogP contribution in [0.5, 0.6) is 0 Å². The Hall–Kier alpha value is -2.33. The van der Waals surface area contributed by atoms with Crippen molar-refractivity contribution in [3.8, 4) is 0 Å². The molecule has 3 fully saturated rings. The zero-order chi connectivity index (χ0) is 16.5. The molecule has 0 spiro atoms. The van der Waals surface area contributed by atoms with Gasteiger partial charge in [-0.15, -0.1) is 0 Å². The highest BCUT2D eigenvalue weighted by Crippen LogP contribution is 2.42. The third kappa shape index (κ3) is 2.78. The number of nitrogens with one attached hydrogen (secondary N) is 1. The summed E-state index contributed by atoms with van der Waals surface area (Å²) in [7, 11) is 0. The summed E-state index contributed by atoms with van der Waals surface area (Å²) in [6.45, 7) is 2.14. The van der Waals surface area contributed by atoms with Crippen LogP contribution in [-0.4, -0.2) is 30.1 Å². The fourth-order valence-corrected chi connectivity index (χ4v) is 4.20. The number of amides is 1. The summed E-state index contributed by atoms with van der Waals surface area (Å²) < 4.78 is 0. The Kier molecular flexibility index (Phi) is 3.98. The maximum atomic E-state index is 12.7. The van der Waals surface area contributed by atoms with Crippen molar-refractivity contribution in [2.24, 2.45) is 5.92 Å². The highest BCUT2D eigenvalue weighted by molar-refractivity contribution is 5.94. The summed E-state index contributed by atoms with van der Waals surface area (Å²) in [5.41, 5.74) is 8.39. The Morgan fingerprint density at radius 1 is 1.00 bits per heavy atom. The fraction of sp³-hybridized carbons (Fsp3) is 0.350. The summed E-state index contributed by atoms with van der Waals surface area (Å²) in [5.74, 6) is 0.994. The molecule has 0 saturated carbocycles. The van der Waals surface area contributed by atoms with Crippen molar-refractivity contribution in [1.29, 1.82) is 0 Å². The van der Waals surface area contributed by atoms with Gasteiger partial charge in [0, 0.05) is 30.3 Å². The second-order valence-corrected chi connectivity index (χ2v) is 6.85. The summed E-state index contributed by atoms with van der Waals surface area (Å²) in [6.07, 6.45) is 2.51. The van der Waals surface area contributed by atoms with E-state index >= 15 is 0 Å². The van der Waals surface area contributed by atoms with Crippen LogP contribution in [0, 0.1) is 5.92 Å². The largest absolute Gasteiger partial charge is 0.399 e. The molecule has 124 valence electrons. The van der Waals surface area contributed by atoms with Crippen LogP contribution < -0.4 is 11.1 Å². The van der Waals surface area contributed by atoms with E-state index in [-0.39, 0.29) is 12.1 Å². The topological polar surface area (TPSA) is 58.4 Å². The molecule has 2 atom stereocenters. The molecule has 0 radical (unpaired) electrons. The highest BCUT2D eigenvalue weighted by atomic mass is 16.1. The number of nitrogens with two attached hydrogens (primary N) is 1. The molecule has 3 heterocycles. The number of benzene rings is 2. The number of rotatable bonds is 3. The molecule has 3 N–H and O–H groups in total. The van der Waals surface area contributed by atoms with Gasteiger partial charge in [-0.3, -0.25) is 9.69 Å². The molecule has 4 heteroatoms. The molecule has 2 aromatic rings. The predicted molar refractivity (Wildman–Crippen MR) is 95.6 cm³/mol. The van der Waals surface area contributed by atoms with Crippen LogP contribution in [0.15, 0.2) is 54.6 Å². The van der Waals surface area contributed by atoms with Crippen LogP contribution in [-0.2, 0) is 0 Å². The third-order valence-corrected chi connectivity index (χ3v) is 5.45. The number of nitrogens with zero attached hydrogens (tertiary/aromatic N) is 1. The van der Waals surface area contributed by atoms with Gasteiger partial charge in [0.2, 0.25) is 0 Å². The quantitative estimate of drug-likeness (QED) is 0.855. The Balaban J connectivity index is 1.59. The van der Waals surface area contributed by atoms with Gasteiger partial charge in [-0.05, 0) is 48.6 Å². The van der Waals surface area contributed by atoms with Crippen molar-refractivity contribution in [1.82, 2.24) is 10.2 Å². The number of hydrogen-bond acceptors (Lipinski definition) is 3. The van der Waals surface area contributed by atoms with Crippen molar-refractivity contribution in [3.63, 3.8) is 0 Å². The van der Waals surface area contributed by atoms with Gasteiger partial charge in [0.1, 0.15) is 0 Å². The molecular weight excluding hydrogens is 298 g/mol. The maximum absolute atomic E-state index is 12.7. The molecule has 3 aliphatic heterocycles. The Morgan fingerprint density at radius 3 is 2.33 bits per heavy atom. The number of piperidine rings is 3. The average molecular weight is 321 g/mol. The molecule has 5 rings (SSSR count). The number of carbonyl (C=O) groups excluding carboxylic acids is 1. The van der Waals surface area contributed by atoms with Gasteiger partial charge in [0.05, 0.1) is 6.17 Å². The van der Waals surface area contributed by atoms with E-state index in [9.17, 15) is 4.79 Å². The first-order chi connectivity index (χ1) is 11.7. The maximum Gasteiger partial charge on any atom is 0.252 e.